The fourth-order valence-electron chi connectivity index (χ4n) is 3.03. The largest absolute Gasteiger partial charge is 0.353 e. The van der Waals surface area contributed by atoms with Crippen LogP contribution in [0.3, 0.4) is 0 Å². The van der Waals surface area contributed by atoms with Crippen LogP contribution in [-0.4, -0.2) is 38.0 Å². The quantitative estimate of drug-likeness (QED) is 0.756. The molecule has 3 N–H and O–H groups in total. The Kier molecular flexibility index (Phi) is 5.60. The number of H-pyrrole nitrogens is 1. The fourth-order valence-corrected chi connectivity index (χ4v) is 3.03. The van der Waals surface area contributed by atoms with E-state index in [2.05, 4.69) is 30.8 Å². The molecule has 2 aromatic rings. The molecular formula is C18H24N6O2. The van der Waals surface area contributed by atoms with Crippen molar-refractivity contribution in [2.24, 2.45) is 0 Å². The first-order valence-electron chi connectivity index (χ1n) is 8.95. The molecule has 26 heavy (non-hydrogen) atoms. The molecule has 0 radical (unpaired) electrons. The van der Waals surface area contributed by atoms with Gasteiger partial charge in [0.2, 0.25) is 11.8 Å². The molecule has 1 saturated heterocycles. The van der Waals surface area contributed by atoms with E-state index >= 15 is 0 Å². The van der Waals surface area contributed by atoms with E-state index in [0.717, 1.165) is 24.8 Å². The molecule has 138 valence electrons. The molecule has 1 aliphatic heterocycles. The van der Waals surface area contributed by atoms with E-state index in [9.17, 15) is 9.59 Å². The number of nitrogens with one attached hydrogen (secondary N) is 3. The van der Waals surface area contributed by atoms with E-state index < -0.39 is 0 Å². The van der Waals surface area contributed by atoms with Crippen LogP contribution in [0.2, 0.25) is 0 Å². The molecule has 0 aromatic carbocycles. The van der Waals surface area contributed by atoms with E-state index in [1.807, 2.05) is 26.0 Å². The van der Waals surface area contributed by atoms with Gasteiger partial charge in [0, 0.05) is 25.1 Å². The second-order valence-corrected chi connectivity index (χ2v) is 6.77. The van der Waals surface area contributed by atoms with Crippen molar-refractivity contribution < 1.29 is 9.59 Å². The van der Waals surface area contributed by atoms with Gasteiger partial charge in [-0.05, 0) is 44.4 Å². The predicted molar refractivity (Wildman–Crippen MR) is 95.9 cm³/mol. The van der Waals surface area contributed by atoms with Crippen LogP contribution in [0.1, 0.15) is 56.5 Å². The summed E-state index contributed by atoms with van der Waals surface area (Å²) in [6.07, 6.45) is 5.21. The third-order valence-electron chi connectivity index (χ3n) is 4.44. The molecule has 0 aliphatic carbocycles. The molecule has 2 amide bonds. The van der Waals surface area contributed by atoms with Crippen molar-refractivity contribution in [3.63, 3.8) is 0 Å². The van der Waals surface area contributed by atoms with Gasteiger partial charge in [0.1, 0.15) is 11.5 Å². The summed E-state index contributed by atoms with van der Waals surface area (Å²) >= 11 is 0. The Balaban J connectivity index is 1.58. The van der Waals surface area contributed by atoms with Crippen LogP contribution >= 0.6 is 0 Å². The maximum Gasteiger partial charge on any atom is 0.222 e. The summed E-state index contributed by atoms with van der Waals surface area (Å²) in [6.45, 7) is 3.82. The molecule has 8 heteroatoms. The molecule has 2 atom stereocenters. The van der Waals surface area contributed by atoms with Gasteiger partial charge in [-0.1, -0.05) is 6.42 Å². The second kappa shape index (κ2) is 8.07. The highest BCUT2D eigenvalue weighted by Crippen LogP contribution is 2.16. The van der Waals surface area contributed by atoms with E-state index in [1.165, 1.54) is 0 Å². The number of carbonyl (C=O) groups is 2. The SMILES string of the molecule is Cc1ccnc(-c2n[nH]c(C(C)NC(=O)CC3CCCCC(=O)N3)n2)c1. The second-order valence-electron chi connectivity index (χ2n) is 6.77. The number of amides is 2. The molecule has 0 spiro atoms. The third kappa shape index (κ3) is 4.65. The number of nitrogens with zero attached hydrogens (tertiary/aromatic N) is 3. The number of pyridine rings is 1. The zero-order valence-electron chi connectivity index (χ0n) is 15.1. The minimum absolute atomic E-state index is 0.0267. The van der Waals surface area contributed by atoms with Crippen molar-refractivity contribution in [1.29, 1.82) is 0 Å². The van der Waals surface area contributed by atoms with Crippen LogP contribution in [0.5, 0.6) is 0 Å². The van der Waals surface area contributed by atoms with Gasteiger partial charge in [-0.25, -0.2) is 4.98 Å². The van der Waals surface area contributed by atoms with E-state index in [0.29, 0.717) is 23.8 Å². The van der Waals surface area contributed by atoms with Crippen molar-refractivity contribution in [2.45, 2.75) is 58.0 Å². The summed E-state index contributed by atoms with van der Waals surface area (Å²) in [6, 6.07) is 3.41. The summed E-state index contributed by atoms with van der Waals surface area (Å²) in [4.78, 5) is 32.6. The van der Waals surface area contributed by atoms with Gasteiger partial charge in [-0.2, -0.15) is 5.10 Å². The van der Waals surface area contributed by atoms with Gasteiger partial charge in [-0.15, -0.1) is 0 Å². The van der Waals surface area contributed by atoms with Gasteiger partial charge in [-0.3, -0.25) is 19.7 Å². The lowest BCUT2D eigenvalue weighted by Gasteiger charge is -2.17. The summed E-state index contributed by atoms with van der Waals surface area (Å²) in [5, 5.41) is 12.9. The van der Waals surface area contributed by atoms with Crippen LogP contribution in [0.25, 0.3) is 11.5 Å². The maximum atomic E-state index is 12.3. The summed E-state index contributed by atoms with van der Waals surface area (Å²) in [7, 11) is 0. The van der Waals surface area contributed by atoms with Crippen molar-refractivity contribution in [1.82, 2.24) is 30.8 Å². The van der Waals surface area contributed by atoms with Crippen molar-refractivity contribution >= 4 is 11.8 Å². The topological polar surface area (TPSA) is 113 Å². The minimum atomic E-state index is -0.310. The van der Waals surface area contributed by atoms with Gasteiger partial charge < -0.3 is 10.6 Å². The highest BCUT2D eigenvalue weighted by atomic mass is 16.2. The standard InChI is InChI=1S/C18H24N6O2/c1-11-7-8-19-14(9-11)18-22-17(23-24-18)12(2)20-16(26)10-13-5-3-4-6-15(25)21-13/h7-9,12-13H,3-6,10H2,1-2H3,(H,20,26)(H,21,25)(H,22,23,24). The zero-order valence-corrected chi connectivity index (χ0v) is 15.1. The van der Waals surface area contributed by atoms with Crippen LogP contribution in [0.15, 0.2) is 18.3 Å². The van der Waals surface area contributed by atoms with Crippen LogP contribution in [0.4, 0.5) is 0 Å². The first kappa shape index (κ1) is 18.0. The van der Waals surface area contributed by atoms with E-state index in [1.54, 1.807) is 6.20 Å². The average molecular weight is 356 g/mol. The molecule has 0 saturated carbocycles. The number of hydrogen-bond donors (Lipinski definition) is 3. The van der Waals surface area contributed by atoms with Gasteiger partial charge in [0.05, 0.1) is 6.04 Å². The molecule has 8 nitrogen and oxygen atoms in total. The molecule has 2 unspecified atom stereocenters. The van der Waals surface area contributed by atoms with Crippen molar-refractivity contribution in [3.8, 4) is 11.5 Å². The van der Waals surface area contributed by atoms with Crippen LogP contribution in [-0.2, 0) is 9.59 Å². The maximum absolute atomic E-state index is 12.3. The molecule has 1 fully saturated rings. The fraction of sp³-hybridized carbons (Fsp3) is 0.500. The van der Waals surface area contributed by atoms with Crippen LogP contribution in [0, 0.1) is 6.92 Å². The number of rotatable bonds is 5. The summed E-state index contributed by atoms with van der Waals surface area (Å²) < 4.78 is 0. The number of aromatic amines is 1. The van der Waals surface area contributed by atoms with Gasteiger partial charge in [0.25, 0.3) is 0 Å². The van der Waals surface area contributed by atoms with Gasteiger partial charge in [0.15, 0.2) is 5.82 Å². The summed E-state index contributed by atoms with van der Waals surface area (Å²) in [5.74, 6) is 0.984. The Labute approximate surface area is 152 Å². The number of hydrogen-bond acceptors (Lipinski definition) is 5. The molecule has 0 bridgehead atoms. The lowest BCUT2D eigenvalue weighted by Crippen LogP contribution is -2.38. The molecule has 3 rings (SSSR count). The third-order valence-corrected chi connectivity index (χ3v) is 4.44. The normalized spacial score (nSPS) is 18.7. The number of carbonyl (C=O) groups excluding carboxylic acids is 2. The highest BCUT2D eigenvalue weighted by molar-refractivity contribution is 5.80. The smallest absolute Gasteiger partial charge is 0.222 e. The lowest BCUT2D eigenvalue weighted by atomic mass is 10.1. The van der Waals surface area contributed by atoms with E-state index in [-0.39, 0.29) is 30.3 Å². The zero-order chi connectivity index (χ0) is 18.5. The Morgan fingerprint density at radius 2 is 2.27 bits per heavy atom. The minimum Gasteiger partial charge on any atom is -0.353 e. The van der Waals surface area contributed by atoms with Crippen LogP contribution < -0.4 is 10.6 Å². The number of aryl methyl sites for hydroxylation is 1. The Morgan fingerprint density at radius 3 is 3.08 bits per heavy atom. The lowest BCUT2D eigenvalue weighted by molar-refractivity contribution is -0.123. The van der Waals surface area contributed by atoms with Crippen molar-refractivity contribution in [3.05, 3.63) is 29.7 Å². The Bertz CT molecular complexity index is 787. The highest BCUT2D eigenvalue weighted by Gasteiger charge is 2.21. The first-order chi connectivity index (χ1) is 12.5. The summed E-state index contributed by atoms with van der Waals surface area (Å²) in [5.41, 5.74) is 1.76. The Morgan fingerprint density at radius 1 is 1.42 bits per heavy atom. The molecule has 3 heterocycles. The molecule has 1 aliphatic rings. The van der Waals surface area contributed by atoms with Crippen molar-refractivity contribution in [2.75, 3.05) is 0 Å². The van der Waals surface area contributed by atoms with Gasteiger partial charge >= 0.3 is 0 Å². The Hall–Kier alpha value is -2.77. The average Bonchev–Trinajstić information content (AvgIpc) is 3.00. The van der Waals surface area contributed by atoms with E-state index in [4.69, 9.17) is 0 Å². The molecular weight excluding hydrogens is 332 g/mol. The predicted octanol–water partition coefficient (Wildman–Crippen LogP) is 1.80. The first-order valence-corrected chi connectivity index (χ1v) is 8.95. The monoisotopic (exact) mass is 356 g/mol. The molecule has 2 aromatic heterocycles. The number of aromatic nitrogens is 4.